The molecular formula is C21H24F2N4O3S. The Morgan fingerprint density at radius 2 is 1.77 bits per heavy atom. The lowest BCUT2D eigenvalue weighted by Gasteiger charge is -2.25. The van der Waals surface area contributed by atoms with Crippen LogP contribution in [0.3, 0.4) is 0 Å². The van der Waals surface area contributed by atoms with E-state index in [-0.39, 0.29) is 17.3 Å². The van der Waals surface area contributed by atoms with Gasteiger partial charge >= 0.3 is 0 Å². The summed E-state index contributed by atoms with van der Waals surface area (Å²) in [5.41, 5.74) is 1.66. The number of rotatable bonds is 7. The average molecular weight is 451 g/mol. The minimum absolute atomic E-state index is 0.170. The summed E-state index contributed by atoms with van der Waals surface area (Å²) in [5, 5.41) is 2.91. The Balaban J connectivity index is 1.87. The van der Waals surface area contributed by atoms with E-state index < -0.39 is 33.7 Å². The Kier molecular flexibility index (Phi) is 6.30. The Morgan fingerprint density at radius 3 is 2.42 bits per heavy atom. The Hall–Kier alpha value is -3.01. The average Bonchev–Trinajstić information content (AvgIpc) is 3.03. The molecule has 1 amide bonds. The molecule has 1 aromatic heterocycles. The van der Waals surface area contributed by atoms with Crippen LogP contribution in [0.2, 0.25) is 0 Å². The molecule has 2 atom stereocenters. The number of fused-ring (bicyclic) bond motifs is 1. The van der Waals surface area contributed by atoms with Gasteiger partial charge in [0, 0.05) is 17.8 Å². The number of hydrogen-bond acceptors (Lipinski definition) is 4. The van der Waals surface area contributed by atoms with Crippen molar-refractivity contribution in [2.45, 2.75) is 32.9 Å². The Bertz CT molecular complexity index is 1220. The second-order valence-electron chi connectivity index (χ2n) is 7.83. The third kappa shape index (κ3) is 5.19. The van der Waals surface area contributed by atoms with Gasteiger partial charge in [-0.15, -0.1) is 0 Å². The number of nitrogens with zero attached hydrogens (tertiary/aromatic N) is 2. The molecule has 0 aliphatic heterocycles. The number of carbonyl (C=O) groups excluding carboxylic acids is 1. The van der Waals surface area contributed by atoms with E-state index in [1.165, 1.54) is 10.9 Å². The SMILES string of the molecule is CC(NC(=O)C(C(C)C)n1cnc2cc(F)c(F)cc21)c1cccc(NS(C)(=O)=O)c1. The fourth-order valence-corrected chi connectivity index (χ4v) is 4.02. The second-order valence-corrected chi connectivity index (χ2v) is 9.57. The van der Waals surface area contributed by atoms with Crippen LogP contribution < -0.4 is 10.0 Å². The number of nitrogens with one attached hydrogen (secondary N) is 2. The summed E-state index contributed by atoms with van der Waals surface area (Å²) in [6, 6.07) is 7.60. The lowest BCUT2D eigenvalue weighted by atomic mass is 10.0. The van der Waals surface area contributed by atoms with Gasteiger partial charge in [0.25, 0.3) is 0 Å². The van der Waals surface area contributed by atoms with E-state index >= 15 is 0 Å². The maximum Gasteiger partial charge on any atom is 0.243 e. The molecule has 0 saturated heterocycles. The second kappa shape index (κ2) is 8.62. The number of imidazole rings is 1. The van der Waals surface area contributed by atoms with Crippen LogP contribution in [0.4, 0.5) is 14.5 Å². The zero-order valence-corrected chi connectivity index (χ0v) is 18.4. The number of hydrogen-bond donors (Lipinski definition) is 2. The summed E-state index contributed by atoms with van der Waals surface area (Å²) in [5.74, 6) is -2.51. The van der Waals surface area contributed by atoms with Gasteiger partial charge in [-0.3, -0.25) is 9.52 Å². The van der Waals surface area contributed by atoms with E-state index in [4.69, 9.17) is 0 Å². The highest BCUT2D eigenvalue weighted by Crippen LogP contribution is 2.27. The van der Waals surface area contributed by atoms with Gasteiger partial charge in [-0.25, -0.2) is 22.2 Å². The first-order valence-electron chi connectivity index (χ1n) is 9.66. The predicted molar refractivity (Wildman–Crippen MR) is 115 cm³/mol. The van der Waals surface area contributed by atoms with Gasteiger partial charge in [-0.05, 0) is 30.5 Å². The molecule has 0 fully saturated rings. The molecule has 3 aromatic rings. The van der Waals surface area contributed by atoms with Crippen molar-refractivity contribution in [3.05, 3.63) is 59.9 Å². The summed E-state index contributed by atoms with van der Waals surface area (Å²) in [7, 11) is -3.43. The van der Waals surface area contributed by atoms with Crippen molar-refractivity contribution in [2.24, 2.45) is 5.92 Å². The lowest BCUT2D eigenvalue weighted by molar-refractivity contribution is -0.126. The van der Waals surface area contributed by atoms with Crippen LogP contribution in [0.15, 0.2) is 42.7 Å². The molecule has 3 rings (SSSR count). The molecule has 0 spiro atoms. The van der Waals surface area contributed by atoms with Crippen LogP contribution >= 0.6 is 0 Å². The highest BCUT2D eigenvalue weighted by atomic mass is 32.2. The number of sulfonamides is 1. The van der Waals surface area contributed by atoms with E-state index in [9.17, 15) is 22.0 Å². The summed E-state index contributed by atoms with van der Waals surface area (Å²) >= 11 is 0. The third-order valence-corrected chi connectivity index (χ3v) is 5.47. The molecule has 2 unspecified atom stereocenters. The highest BCUT2D eigenvalue weighted by Gasteiger charge is 2.27. The van der Waals surface area contributed by atoms with E-state index in [2.05, 4.69) is 15.0 Å². The van der Waals surface area contributed by atoms with Crippen molar-refractivity contribution in [1.29, 1.82) is 0 Å². The lowest BCUT2D eigenvalue weighted by Crippen LogP contribution is -2.36. The predicted octanol–water partition coefficient (Wildman–Crippen LogP) is 3.76. The number of anilines is 1. The van der Waals surface area contributed by atoms with Crippen molar-refractivity contribution in [3.8, 4) is 0 Å². The van der Waals surface area contributed by atoms with E-state index in [1.54, 1.807) is 31.2 Å². The standard InChI is InChI=1S/C21H24F2N4O3S/c1-12(2)20(27-11-24-18-9-16(22)17(23)10-19(18)27)21(28)25-13(3)14-6-5-7-15(8-14)26-31(4,29)30/h5-13,20,26H,1-4H3,(H,25,28). The van der Waals surface area contributed by atoms with Gasteiger partial charge in [-0.2, -0.15) is 0 Å². The maximum atomic E-state index is 13.8. The Labute approximate surface area is 179 Å². The third-order valence-electron chi connectivity index (χ3n) is 4.87. The first-order chi connectivity index (χ1) is 14.5. The van der Waals surface area contributed by atoms with Crippen molar-refractivity contribution >= 4 is 32.7 Å². The normalized spacial score (nSPS) is 13.9. The Morgan fingerprint density at radius 1 is 1.10 bits per heavy atom. The topological polar surface area (TPSA) is 93.1 Å². The van der Waals surface area contributed by atoms with Gasteiger partial charge in [-0.1, -0.05) is 26.0 Å². The zero-order chi connectivity index (χ0) is 22.9. The number of amides is 1. The molecule has 0 bridgehead atoms. The van der Waals surface area contributed by atoms with Crippen LogP contribution in [0.5, 0.6) is 0 Å². The molecule has 0 saturated carbocycles. The summed E-state index contributed by atoms with van der Waals surface area (Å²) in [4.78, 5) is 17.2. The number of carbonyl (C=O) groups is 1. The van der Waals surface area contributed by atoms with E-state index in [0.717, 1.165) is 18.4 Å². The quantitative estimate of drug-likeness (QED) is 0.573. The van der Waals surface area contributed by atoms with Gasteiger partial charge in [0.2, 0.25) is 15.9 Å². The minimum atomic E-state index is -3.43. The number of halogens is 2. The molecule has 0 aliphatic carbocycles. The van der Waals surface area contributed by atoms with Crippen molar-refractivity contribution < 1.29 is 22.0 Å². The molecule has 31 heavy (non-hydrogen) atoms. The van der Waals surface area contributed by atoms with Crippen molar-refractivity contribution in [1.82, 2.24) is 14.9 Å². The molecule has 2 N–H and O–H groups in total. The number of benzene rings is 2. The van der Waals surface area contributed by atoms with E-state index in [0.29, 0.717) is 16.8 Å². The minimum Gasteiger partial charge on any atom is -0.348 e. The van der Waals surface area contributed by atoms with Gasteiger partial charge in [0.1, 0.15) is 6.04 Å². The first kappa shape index (κ1) is 22.7. The van der Waals surface area contributed by atoms with Crippen molar-refractivity contribution in [2.75, 3.05) is 11.0 Å². The fourth-order valence-electron chi connectivity index (χ4n) is 3.46. The number of aromatic nitrogens is 2. The molecular weight excluding hydrogens is 426 g/mol. The summed E-state index contributed by atoms with van der Waals surface area (Å²) < 4.78 is 54.2. The van der Waals surface area contributed by atoms with Crippen LogP contribution in [-0.4, -0.2) is 30.1 Å². The van der Waals surface area contributed by atoms with Crippen molar-refractivity contribution in [3.63, 3.8) is 0 Å². The van der Waals surface area contributed by atoms with E-state index in [1.807, 2.05) is 13.8 Å². The molecule has 1 heterocycles. The monoisotopic (exact) mass is 450 g/mol. The van der Waals surface area contributed by atoms with Gasteiger partial charge < -0.3 is 9.88 Å². The smallest absolute Gasteiger partial charge is 0.243 e. The summed E-state index contributed by atoms with van der Waals surface area (Å²) in [6.07, 6.45) is 2.46. The highest BCUT2D eigenvalue weighted by molar-refractivity contribution is 7.92. The largest absolute Gasteiger partial charge is 0.348 e. The van der Waals surface area contributed by atoms with Crippen LogP contribution in [0.1, 0.15) is 38.4 Å². The van der Waals surface area contributed by atoms with Crippen LogP contribution in [0, 0.1) is 17.6 Å². The molecule has 2 aromatic carbocycles. The molecule has 7 nitrogen and oxygen atoms in total. The van der Waals surface area contributed by atoms with Gasteiger partial charge in [0.05, 0.1) is 29.7 Å². The molecule has 166 valence electrons. The molecule has 10 heteroatoms. The zero-order valence-electron chi connectivity index (χ0n) is 17.6. The van der Waals surface area contributed by atoms with Crippen LogP contribution in [0.25, 0.3) is 11.0 Å². The fraction of sp³-hybridized carbons (Fsp3) is 0.333. The summed E-state index contributed by atoms with van der Waals surface area (Å²) in [6.45, 7) is 5.46. The first-order valence-corrected chi connectivity index (χ1v) is 11.5. The van der Waals surface area contributed by atoms with Gasteiger partial charge in [0.15, 0.2) is 11.6 Å². The maximum absolute atomic E-state index is 13.8. The molecule has 0 aliphatic rings. The van der Waals surface area contributed by atoms with Crippen LogP contribution in [-0.2, 0) is 14.8 Å². The molecule has 0 radical (unpaired) electrons.